The highest BCUT2D eigenvalue weighted by Gasteiger charge is 2.31. The predicted octanol–water partition coefficient (Wildman–Crippen LogP) is 4.90. The molecule has 4 aromatic rings. The zero-order chi connectivity index (χ0) is 22.7. The minimum absolute atomic E-state index is 0.103. The molecular weight excluding hydrogens is 421 g/mol. The molecule has 0 saturated carbocycles. The molecule has 0 saturated heterocycles. The number of aromatic nitrogens is 5. The average molecular weight is 440 g/mol. The number of fused-ring (bicyclic) bond motifs is 1. The quantitative estimate of drug-likeness (QED) is 0.457. The summed E-state index contributed by atoms with van der Waals surface area (Å²) < 4.78 is 44.4. The fourth-order valence-corrected chi connectivity index (χ4v) is 3.22. The number of rotatable bonds is 6. The maximum atomic E-state index is 12.9. The van der Waals surface area contributed by atoms with Crippen LogP contribution in [0.5, 0.6) is 11.6 Å². The highest BCUT2D eigenvalue weighted by atomic mass is 19.4. The summed E-state index contributed by atoms with van der Waals surface area (Å²) in [5.74, 6) is 0.963. The van der Waals surface area contributed by atoms with E-state index >= 15 is 0 Å². The Bertz CT molecular complexity index is 1260. The van der Waals surface area contributed by atoms with E-state index in [2.05, 4.69) is 30.2 Å². The Kier molecular flexibility index (Phi) is 5.85. The van der Waals surface area contributed by atoms with E-state index in [4.69, 9.17) is 4.74 Å². The maximum absolute atomic E-state index is 12.9. The molecule has 32 heavy (non-hydrogen) atoms. The maximum Gasteiger partial charge on any atom is 0.416 e. The highest BCUT2D eigenvalue weighted by molar-refractivity contribution is 5.81. The predicted molar refractivity (Wildman–Crippen MR) is 113 cm³/mol. The van der Waals surface area contributed by atoms with Gasteiger partial charge in [-0.05, 0) is 49.1 Å². The van der Waals surface area contributed by atoms with Gasteiger partial charge in [-0.1, -0.05) is 6.07 Å². The van der Waals surface area contributed by atoms with Gasteiger partial charge in [-0.25, -0.2) is 24.9 Å². The molecule has 0 aliphatic carbocycles. The van der Waals surface area contributed by atoms with E-state index in [0.29, 0.717) is 35.7 Å². The lowest BCUT2D eigenvalue weighted by molar-refractivity contribution is -0.137. The van der Waals surface area contributed by atoms with Gasteiger partial charge >= 0.3 is 6.18 Å². The number of benzene rings is 1. The zero-order valence-corrected chi connectivity index (χ0v) is 17.3. The summed E-state index contributed by atoms with van der Waals surface area (Å²) in [4.78, 5) is 20.6. The third kappa shape index (κ3) is 4.74. The Morgan fingerprint density at radius 1 is 0.906 bits per heavy atom. The summed E-state index contributed by atoms with van der Waals surface area (Å²) in [5.41, 5.74) is 3.13. The molecular formula is C22H19F3N6O. The van der Waals surface area contributed by atoms with Crippen molar-refractivity contribution in [1.29, 1.82) is 0 Å². The first-order valence-corrected chi connectivity index (χ1v) is 9.78. The van der Waals surface area contributed by atoms with E-state index in [0.717, 1.165) is 35.0 Å². The fourth-order valence-electron chi connectivity index (χ4n) is 3.22. The number of halogens is 3. The van der Waals surface area contributed by atoms with Crippen molar-refractivity contribution in [3.63, 3.8) is 0 Å². The molecule has 0 amide bonds. The third-order valence-corrected chi connectivity index (χ3v) is 4.87. The van der Waals surface area contributed by atoms with Gasteiger partial charge in [-0.2, -0.15) is 13.2 Å². The van der Waals surface area contributed by atoms with Gasteiger partial charge in [0, 0.05) is 31.2 Å². The Morgan fingerprint density at radius 2 is 1.72 bits per heavy atom. The van der Waals surface area contributed by atoms with Crippen LogP contribution in [0.4, 0.5) is 19.0 Å². The van der Waals surface area contributed by atoms with Crippen molar-refractivity contribution in [2.24, 2.45) is 0 Å². The van der Waals surface area contributed by atoms with E-state index in [9.17, 15) is 13.2 Å². The molecule has 0 radical (unpaired) electrons. The van der Waals surface area contributed by atoms with Crippen molar-refractivity contribution in [3.8, 4) is 11.6 Å². The number of aryl methyl sites for hydroxylation is 2. The first kappa shape index (κ1) is 21.4. The summed E-state index contributed by atoms with van der Waals surface area (Å²) in [6, 6.07) is 5.56. The van der Waals surface area contributed by atoms with Crippen molar-refractivity contribution in [1.82, 2.24) is 24.9 Å². The second kappa shape index (κ2) is 8.74. The monoisotopic (exact) mass is 440 g/mol. The Hall–Kier alpha value is -3.82. The number of nitrogens with one attached hydrogen (secondary N) is 1. The Balaban J connectivity index is 1.46. The van der Waals surface area contributed by atoms with Gasteiger partial charge in [0.2, 0.25) is 5.88 Å². The summed E-state index contributed by atoms with van der Waals surface area (Å²) in [6.07, 6.45) is 1.92. The second-order valence-electron chi connectivity index (χ2n) is 7.15. The molecule has 0 fully saturated rings. The molecule has 164 valence electrons. The number of ether oxygens (including phenoxy) is 1. The van der Waals surface area contributed by atoms with Crippen LogP contribution in [0.3, 0.4) is 0 Å². The number of alkyl halides is 3. The van der Waals surface area contributed by atoms with Crippen LogP contribution in [-0.4, -0.2) is 31.5 Å². The van der Waals surface area contributed by atoms with Gasteiger partial charge in [0.05, 0.1) is 5.56 Å². The standard InChI is InChI=1S/C22H19F3N6O/c1-13-10-17(32-18-11-16(4-6-26-18)22(23,24)25)14(2)9-15(13)3-5-28-20-19-21(31-12-30-20)29-8-7-27-19/h4,6-12H,3,5H2,1-2H3,(H,28,29,30,31). The SMILES string of the molecule is Cc1cc(Oc2cc(C(F)(F)F)ccn2)c(C)cc1CCNc1ncnc2nccnc12. The van der Waals surface area contributed by atoms with Crippen LogP contribution in [0, 0.1) is 13.8 Å². The topological polar surface area (TPSA) is 85.7 Å². The van der Waals surface area contributed by atoms with E-state index in [1.165, 1.54) is 6.33 Å². The molecule has 0 atom stereocenters. The molecule has 1 aromatic carbocycles. The highest BCUT2D eigenvalue weighted by Crippen LogP contribution is 2.33. The minimum atomic E-state index is -4.45. The van der Waals surface area contributed by atoms with E-state index < -0.39 is 11.7 Å². The van der Waals surface area contributed by atoms with E-state index in [1.807, 2.05) is 19.9 Å². The normalized spacial score (nSPS) is 11.5. The molecule has 0 bridgehead atoms. The third-order valence-electron chi connectivity index (χ3n) is 4.87. The molecule has 10 heteroatoms. The van der Waals surface area contributed by atoms with Gasteiger partial charge < -0.3 is 10.1 Å². The molecule has 0 unspecified atom stereocenters. The largest absolute Gasteiger partial charge is 0.439 e. The molecule has 0 aliphatic heterocycles. The van der Waals surface area contributed by atoms with Gasteiger partial charge in [-0.3, -0.25) is 0 Å². The summed E-state index contributed by atoms with van der Waals surface area (Å²) in [6.45, 7) is 4.36. The zero-order valence-electron chi connectivity index (χ0n) is 17.3. The molecule has 1 N–H and O–H groups in total. The molecule has 7 nitrogen and oxygen atoms in total. The molecule has 4 rings (SSSR count). The van der Waals surface area contributed by atoms with Gasteiger partial charge in [0.1, 0.15) is 17.6 Å². The number of hydrogen-bond acceptors (Lipinski definition) is 7. The smallest absolute Gasteiger partial charge is 0.416 e. The lowest BCUT2D eigenvalue weighted by Gasteiger charge is -2.14. The first-order valence-electron chi connectivity index (χ1n) is 9.78. The van der Waals surface area contributed by atoms with Crippen LogP contribution in [0.15, 0.2) is 49.2 Å². The Labute approximate surface area is 181 Å². The van der Waals surface area contributed by atoms with E-state index in [1.54, 1.807) is 18.5 Å². The number of hydrogen-bond donors (Lipinski definition) is 1. The van der Waals surface area contributed by atoms with Crippen LogP contribution in [0.2, 0.25) is 0 Å². The molecule has 3 aromatic heterocycles. The first-order chi connectivity index (χ1) is 15.3. The number of pyridine rings is 1. The van der Waals surface area contributed by atoms with Crippen LogP contribution in [0.1, 0.15) is 22.3 Å². The van der Waals surface area contributed by atoms with Gasteiger partial charge in [0.15, 0.2) is 11.5 Å². The Morgan fingerprint density at radius 3 is 2.53 bits per heavy atom. The summed E-state index contributed by atoms with van der Waals surface area (Å²) in [5, 5.41) is 3.26. The van der Waals surface area contributed by atoms with Gasteiger partial charge in [-0.15, -0.1) is 0 Å². The van der Waals surface area contributed by atoms with Crippen molar-refractivity contribution in [2.75, 3.05) is 11.9 Å². The van der Waals surface area contributed by atoms with Crippen molar-refractivity contribution < 1.29 is 17.9 Å². The van der Waals surface area contributed by atoms with Crippen LogP contribution < -0.4 is 10.1 Å². The minimum Gasteiger partial charge on any atom is -0.439 e. The van der Waals surface area contributed by atoms with Crippen molar-refractivity contribution >= 4 is 17.0 Å². The summed E-state index contributed by atoms with van der Waals surface area (Å²) >= 11 is 0. The lowest BCUT2D eigenvalue weighted by atomic mass is 10.0. The number of nitrogens with zero attached hydrogens (tertiary/aromatic N) is 5. The lowest BCUT2D eigenvalue weighted by Crippen LogP contribution is -2.09. The second-order valence-corrected chi connectivity index (χ2v) is 7.15. The van der Waals surface area contributed by atoms with Crippen molar-refractivity contribution in [3.05, 3.63) is 71.4 Å². The van der Waals surface area contributed by atoms with Crippen molar-refractivity contribution in [2.45, 2.75) is 26.4 Å². The molecule has 0 aliphatic rings. The average Bonchev–Trinajstić information content (AvgIpc) is 2.77. The number of anilines is 1. The van der Waals surface area contributed by atoms with Crippen LogP contribution >= 0.6 is 0 Å². The van der Waals surface area contributed by atoms with Crippen LogP contribution in [-0.2, 0) is 12.6 Å². The molecule has 3 heterocycles. The van der Waals surface area contributed by atoms with Crippen LogP contribution in [0.25, 0.3) is 11.2 Å². The summed E-state index contributed by atoms with van der Waals surface area (Å²) in [7, 11) is 0. The van der Waals surface area contributed by atoms with Gasteiger partial charge in [0.25, 0.3) is 0 Å². The fraction of sp³-hybridized carbons (Fsp3) is 0.227. The van der Waals surface area contributed by atoms with E-state index in [-0.39, 0.29) is 5.88 Å². The molecule has 0 spiro atoms.